The van der Waals surface area contributed by atoms with Gasteiger partial charge in [-0.15, -0.1) is 0 Å². The summed E-state index contributed by atoms with van der Waals surface area (Å²) in [5.74, 6) is 0. The maximum atomic E-state index is 4.93. The lowest BCUT2D eigenvalue weighted by Gasteiger charge is -1.64. The van der Waals surface area contributed by atoms with Gasteiger partial charge in [-0.05, 0) is 24.6 Å². The number of hydrogen-bond donors (Lipinski definition) is 2. The molecule has 0 aromatic carbocycles. The molecule has 0 aromatic rings. The minimum atomic E-state index is 1.42. The Hall–Kier alpha value is -0.920. The van der Waals surface area contributed by atoms with Crippen LogP contribution in [0, 0.1) is 0 Å². The topological polar surface area (TPSA) is 52.0 Å². The van der Waals surface area contributed by atoms with Crippen molar-refractivity contribution in [1.29, 1.82) is 0 Å². The minimum absolute atomic E-state index is 1.42. The lowest BCUT2D eigenvalue weighted by atomic mass is 10.6. The van der Waals surface area contributed by atoms with Gasteiger partial charge in [0.2, 0.25) is 0 Å². The second-order valence-corrected chi connectivity index (χ2v) is 0.770. The number of allylic oxidation sites excluding steroid dienone is 2. The predicted octanol–water partition coefficient (Wildman–Crippen LogP) is -0.0688. The summed E-state index contributed by atoms with van der Waals surface area (Å²) in [7, 11) is 0. The van der Waals surface area contributed by atoms with Gasteiger partial charge in [0.25, 0.3) is 0 Å². The fraction of sp³-hybridized carbons (Fsp3) is 0. The van der Waals surface area contributed by atoms with Crippen molar-refractivity contribution >= 4 is 0 Å². The van der Waals surface area contributed by atoms with Gasteiger partial charge in [-0.25, -0.2) is 0 Å². The predicted molar refractivity (Wildman–Crippen MR) is 26.7 cm³/mol. The lowest BCUT2D eigenvalue weighted by Crippen LogP contribution is -1.75. The zero-order valence-electron chi connectivity index (χ0n) is 3.46. The first-order valence-corrected chi connectivity index (χ1v) is 1.67. The normalized spacial score (nSPS) is 11.3. The lowest BCUT2D eigenvalue weighted by molar-refractivity contribution is 1.56. The summed E-state index contributed by atoms with van der Waals surface area (Å²) in [6, 6.07) is 0. The van der Waals surface area contributed by atoms with Crippen molar-refractivity contribution in [2.45, 2.75) is 0 Å². The molecule has 0 saturated heterocycles. The molecule has 0 unspecified atom stereocenters. The van der Waals surface area contributed by atoms with Crippen molar-refractivity contribution in [2.75, 3.05) is 0 Å². The summed E-state index contributed by atoms with van der Waals surface area (Å²) in [5.41, 5.74) is 9.85. The highest BCUT2D eigenvalue weighted by Crippen LogP contribution is 1.62. The molecule has 2 nitrogen and oxygen atoms in total. The van der Waals surface area contributed by atoms with Crippen LogP contribution < -0.4 is 11.5 Å². The molecule has 0 aliphatic carbocycles. The summed E-state index contributed by atoms with van der Waals surface area (Å²) in [4.78, 5) is 0. The molecule has 0 rings (SSSR count). The molecule has 0 heterocycles. The second-order valence-electron chi connectivity index (χ2n) is 0.770. The molecule has 0 aliphatic heterocycles. The van der Waals surface area contributed by atoms with Gasteiger partial charge in [-0.2, -0.15) is 0 Å². The summed E-state index contributed by atoms with van der Waals surface area (Å²) < 4.78 is 0. The van der Waals surface area contributed by atoms with Gasteiger partial charge in [-0.3, -0.25) is 0 Å². The van der Waals surface area contributed by atoms with E-state index < -0.39 is 0 Å². The van der Waals surface area contributed by atoms with E-state index in [1.165, 1.54) is 12.4 Å². The highest BCUT2D eigenvalue weighted by atomic mass is 14.5. The van der Waals surface area contributed by atoms with E-state index in [0.29, 0.717) is 0 Å². The van der Waals surface area contributed by atoms with Gasteiger partial charge in [0.1, 0.15) is 0 Å². The molecule has 0 saturated carbocycles. The SMILES string of the molecule is N/C=C\C=C/N. The van der Waals surface area contributed by atoms with Crippen molar-refractivity contribution in [2.24, 2.45) is 11.5 Å². The van der Waals surface area contributed by atoms with Crippen LogP contribution in [0.3, 0.4) is 0 Å². The van der Waals surface area contributed by atoms with Gasteiger partial charge < -0.3 is 11.5 Å². The molecular weight excluding hydrogens is 76.1 g/mol. The molecule has 6 heavy (non-hydrogen) atoms. The molecule has 0 fully saturated rings. The van der Waals surface area contributed by atoms with Crippen molar-refractivity contribution in [3.8, 4) is 0 Å². The Balaban J connectivity index is 3.07. The van der Waals surface area contributed by atoms with Gasteiger partial charge in [0.05, 0.1) is 0 Å². The van der Waals surface area contributed by atoms with Gasteiger partial charge in [0, 0.05) is 0 Å². The van der Waals surface area contributed by atoms with Crippen molar-refractivity contribution in [3.63, 3.8) is 0 Å². The van der Waals surface area contributed by atoms with Gasteiger partial charge in [0.15, 0.2) is 0 Å². The summed E-state index contributed by atoms with van der Waals surface area (Å²) in [6.07, 6.45) is 6.15. The maximum absolute atomic E-state index is 4.93. The van der Waals surface area contributed by atoms with Crippen LogP contribution in [0.1, 0.15) is 0 Å². The molecule has 0 spiro atoms. The second kappa shape index (κ2) is 4.08. The van der Waals surface area contributed by atoms with Crippen LogP contribution in [0.5, 0.6) is 0 Å². The molecule has 4 N–H and O–H groups in total. The number of nitrogens with two attached hydrogens (primary N) is 2. The van der Waals surface area contributed by atoms with E-state index in [9.17, 15) is 0 Å². The van der Waals surface area contributed by atoms with Crippen LogP contribution in [0.25, 0.3) is 0 Å². The summed E-state index contributed by atoms with van der Waals surface area (Å²) in [5, 5.41) is 0. The average molecular weight is 84.1 g/mol. The van der Waals surface area contributed by atoms with Crippen LogP contribution in [-0.2, 0) is 0 Å². The third kappa shape index (κ3) is 3.08. The first-order chi connectivity index (χ1) is 2.91. The average Bonchev–Trinajstić information content (AvgIpc) is 1.61. The van der Waals surface area contributed by atoms with E-state index in [-0.39, 0.29) is 0 Å². The Labute approximate surface area is 37.1 Å². The van der Waals surface area contributed by atoms with Crippen molar-refractivity contribution in [1.82, 2.24) is 0 Å². The molecule has 2 heteroatoms. The third-order valence-electron chi connectivity index (χ3n) is 0.333. The summed E-state index contributed by atoms with van der Waals surface area (Å²) >= 11 is 0. The largest absolute Gasteiger partial charge is 0.405 e. The monoisotopic (exact) mass is 84.1 g/mol. The molecule has 0 aromatic heterocycles. The van der Waals surface area contributed by atoms with Crippen LogP contribution in [0.2, 0.25) is 0 Å². The highest BCUT2D eigenvalue weighted by molar-refractivity contribution is 4.97. The fourth-order valence-electron chi connectivity index (χ4n) is 0.128. The van der Waals surface area contributed by atoms with E-state index in [0.717, 1.165) is 0 Å². The highest BCUT2D eigenvalue weighted by Gasteiger charge is 1.48. The first kappa shape index (κ1) is 5.08. The quantitative estimate of drug-likeness (QED) is 0.437. The smallest absolute Gasteiger partial charge is 0.00618 e. The molecule has 0 bridgehead atoms. The van der Waals surface area contributed by atoms with E-state index in [2.05, 4.69) is 0 Å². The Kier molecular flexibility index (Phi) is 3.45. The molecule has 34 valence electrons. The fourth-order valence-corrected chi connectivity index (χ4v) is 0.128. The van der Waals surface area contributed by atoms with Crippen LogP contribution >= 0.6 is 0 Å². The zero-order chi connectivity index (χ0) is 4.83. The van der Waals surface area contributed by atoms with Crippen LogP contribution in [0.15, 0.2) is 24.6 Å². The Morgan fingerprint density at radius 3 is 1.33 bits per heavy atom. The number of hydrogen-bond acceptors (Lipinski definition) is 2. The van der Waals surface area contributed by atoms with Crippen LogP contribution in [-0.4, -0.2) is 0 Å². The van der Waals surface area contributed by atoms with E-state index in [1.807, 2.05) is 0 Å². The first-order valence-electron chi connectivity index (χ1n) is 1.67. The van der Waals surface area contributed by atoms with Gasteiger partial charge >= 0.3 is 0 Å². The van der Waals surface area contributed by atoms with Crippen molar-refractivity contribution in [3.05, 3.63) is 24.6 Å². The minimum Gasteiger partial charge on any atom is -0.405 e. The Bertz CT molecular complexity index is 53.9. The third-order valence-corrected chi connectivity index (χ3v) is 0.333. The molecule has 0 radical (unpaired) electrons. The Morgan fingerprint density at radius 2 is 1.17 bits per heavy atom. The Morgan fingerprint density at radius 1 is 0.833 bits per heavy atom. The standard InChI is InChI=1S/C4H8N2/c5-3-1-2-4-6/h1-4H,5-6H2/b3-1-,4-2-. The van der Waals surface area contributed by atoms with E-state index in [1.54, 1.807) is 12.2 Å². The molecule has 0 atom stereocenters. The van der Waals surface area contributed by atoms with E-state index >= 15 is 0 Å². The molecular formula is C4H8N2. The molecule has 0 aliphatic rings. The number of rotatable bonds is 1. The maximum Gasteiger partial charge on any atom is -0.00618 e. The van der Waals surface area contributed by atoms with Gasteiger partial charge in [-0.1, -0.05) is 0 Å². The van der Waals surface area contributed by atoms with E-state index in [4.69, 9.17) is 11.5 Å². The summed E-state index contributed by atoms with van der Waals surface area (Å²) in [6.45, 7) is 0. The zero-order valence-corrected chi connectivity index (χ0v) is 3.46. The molecule has 0 amide bonds. The van der Waals surface area contributed by atoms with Crippen molar-refractivity contribution < 1.29 is 0 Å². The van der Waals surface area contributed by atoms with Crippen LogP contribution in [0.4, 0.5) is 0 Å².